The van der Waals surface area contributed by atoms with Gasteiger partial charge in [-0.3, -0.25) is 4.79 Å². The standard InChI is InChI=1S/C16H12Cl2F3NOS/c17-12-6-2-1-4-10(12)8-24-9-14(23)22-15-11(16(19,20)21)5-3-7-13(15)18/h1-7H,8-9H2,(H,22,23). The molecule has 2 rings (SSSR count). The van der Waals surface area contributed by atoms with Crippen molar-refractivity contribution in [3.05, 3.63) is 63.6 Å². The smallest absolute Gasteiger partial charge is 0.324 e. The Hall–Kier alpha value is -1.37. The molecule has 0 unspecified atom stereocenters. The first-order valence-electron chi connectivity index (χ1n) is 6.75. The van der Waals surface area contributed by atoms with E-state index in [4.69, 9.17) is 23.2 Å². The van der Waals surface area contributed by atoms with Crippen molar-refractivity contribution < 1.29 is 18.0 Å². The van der Waals surface area contributed by atoms with E-state index in [1.807, 2.05) is 12.1 Å². The number of benzene rings is 2. The molecule has 0 atom stereocenters. The number of alkyl halides is 3. The number of hydrogen-bond donors (Lipinski definition) is 1. The second-order valence-corrected chi connectivity index (χ2v) is 6.59. The molecule has 0 saturated carbocycles. The number of halogens is 5. The molecule has 0 saturated heterocycles. The van der Waals surface area contributed by atoms with Gasteiger partial charge in [-0.2, -0.15) is 13.2 Å². The number of para-hydroxylation sites is 1. The first-order chi connectivity index (χ1) is 11.3. The summed E-state index contributed by atoms with van der Waals surface area (Å²) in [6, 6.07) is 10.5. The average Bonchev–Trinajstić information content (AvgIpc) is 2.50. The molecule has 0 spiro atoms. The summed E-state index contributed by atoms with van der Waals surface area (Å²) in [5.41, 5.74) is -0.542. The quantitative estimate of drug-likeness (QED) is 0.686. The third-order valence-corrected chi connectivity index (χ3v) is 4.70. The van der Waals surface area contributed by atoms with Crippen LogP contribution in [0.2, 0.25) is 10.0 Å². The fourth-order valence-electron chi connectivity index (χ4n) is 1.93. The second kappa shape index (κ2) is 8.14. The van der Waals surface area contributed by atoms with E-state index in [-0.39, 0.29) is 10.8 Å². The van der Waals surface area contributed by atoms with Crippen molar-refractivity contribution in [1.82, 2.24) is 0 Å². The zero-order chi connectivity index (χ0) is 17.7. The van der Waals surface area contributed by atoms with E-state index in [9.17, 15) is 18.0 Å². The van der Waals surface area contributed by atoms with Gasteiger partial charge in [-0.05, 0) is 23.8 Å². The number of anilines is 1. The van der Waals surface area contributed by atoms with Crippen LogP contribution in [0.1, 0.15) is 11.1 Å². The molecule has 0 heterocycles. The zero-order valence-corrected chi connectivity index (χ0v) is 14.5. The highest BCUT2D eigenvalue weighted by Gasteiger charge is 2.34. The van der Waals surface area contributed by atoms with Crippen LogP contribution in [-0.2, 0) is 16.7 Å². The maximum absolute atomic E-state index is 13.0. The number of rotatable bonds is 5. The van der Waals surface area contributed by atoms with E-state index in [1.54, 1.807) is 12.1 Å². The van der Waals surface area contributed by atoms with E-state index < -0.39 is 23.3 Å². The molecule has 0 radical (unpaired) electrons. The van der Waals surface area contributed by atoms with E-state index in [0.717, 1.165) is 11.6 Å². The molecule has 0 bridgehead atoms. The molecule has 0 aliphatic heterocycles. The van der Waals surface area contributed by atoms with E-state index in [2.05, 4.69) is 5.32 Å². The summed E-state index contributed by atoms with van der Waals surface area (Å²) in [5, 5.41) is 2.66. The molecule has 1 N–H and O–H groups in total. The van der Waals surface area contributed by atoms with Crippen LogP contribution in [0.5, 0.6) is 0 Å². The Bertz CT molecular complexity index is 738. The Labute approximate surface area is 151 Å². The summed E-state index contributed by atoms with van der Waals surface area (Å²) in [5.74, 6) is -0.110. The van der Waals surface area contributed by atoms with Crippen LogP contribution in [-0.4, -0.2) is 11.7 Å². The molecule has 0 aliphatic rings. The number of carbonyl (C=O) groups is 1. The Morgan fingerprint density at radius 1 is 1.04 bits per heavy atom. The van der Waals surface area contributed by atoms with Crippen LogP contribution >= 0.6 is 35.0 Å². The van der Waals surface area contributed by atoms with Gasteiger partial charge in [-0.25, -0.2) is 0 Å². The van der Waals surface area contributed by atoms with Crippen molar-refractivity contribution in [3.8, 4) is 0 Å². The number of amides is 1. The number of nitrogens with one attached hydrogen (secondary N) is 1. The minimum absolute atomic E-state index is 0.0201. The zero-order valence-electron chi connectivity index (χ0n) is 12.2. The first-order valence-corrected chi connectivity index (χ1v) is 8.67. The van der Waals surface area contributed by atoms with Crippen LogP contribution < -0.4 is 5.32 Å². The Morgan fingerprint density at radius 2 is 1.71 bits per heavy atom. The lowest BCUT2D eigenvalue weighted by atomic mass is 10.1. The largest absolute Gasteiger partial charge is 0.418 e. The molecular formula is C16H12Cl2F3NOS. The lowest BCUT2D eigenvalue weighted by Crippen LogP contribution is -2.18. The highest BCUT2D eigenvalue weighted by molar-refractivity contribution is 7.99. The average molecular weight is 394 g/mol. The predicted molar refractivity (Wildman–Crippen MR) is 92.7 cm³/mol. The van der Waals surface area contributed by atoms with Crippen molar-refractivity contribution >= 4 is 46.6 Å². The first kappa shape index (κ1) is 19.0. The highest BCUT2D eigenvalue weighted by atomic mass is 35.5. The van der Waals surface area contributed by atoms with Gasteiger partial charge in [0, 0.05) is 10.8 Å². The van der Waals surface area contributed by atoms with Gasteiger partial charge >= 0.3 is 6.18 Å². The lowest BCUT2D eigenvalue weighted by Gasteiger charge is -2.15. The van der Waals surface area contributed by atoms with Crippen LogP contribution in [0.4, 0.5) is 18.9 Å². The Morgan fingerprint density at radius 3 is 2.38 bits per heavy atom. The topological polar surface area (TPSA) is 29.1 Å². The molecule has 0 fully saturated rings. The third kappa shape index (κ3) is 5.06. The summed E-state index contributed by atoms with van der Waals surface area (Å²) in [6.07, 6.45) is -4.60. The molecular weight excluding hydrogens is 382 g/mol. The maximum Gasteiger partial charge on any atom is 0.418 e. The Kier molecular flexibility index (Phi) is 6.43. The van der Waals surface area contributed by atoms with Gasteiger partial charge in [0.15, 0.2) is 0 Å². The molecule has 0 aliphatic carbocycles. The van der Waals surface area contributed by atoms with Crippen molar-refractivity contribution in [2.45, 2.75) is 11.9 Å². The highest BCUT2D eigenvalue weighted by Crippen LogP contribution is 2.38. The van der Waals surface area contributed by atoms with Crippen molar-refractivity contribution in [1.29, 1.82) is 0 Å². The second-order valence-electron chi connectivity index (χ2n) is 4.79. The number of thioether (sulfide) groups is 1. The molecule has 2 aromatic carbocycles. The van der Waals surface area contributed by atoms with E-state index >= 15 is 0 Å². The van der Waals surface area contributed by atoms with Gasteiger partial charge in [0.25, 0.3) is 0 Å². The maximum atomic E-state index is 13.0. The SMILES string of the molecule is O=C(CSCc1ccccc1Cl)Nc1c(Cl)cccc1C(F)(F)F. The molecule has 24 heavy (non-hydrogen) atoms. The summed E-state index contributed by atoms with van der Waals surface area (Å²) < 4.78 is 38.9. The predicted octanol–water partition coefficient (Wildman–Crippen LogP) is 5.88. The molecule has 128 valence electrons. The normalized spacial score (nSPS) is 11.4. The number of hydrogen-bond acceptors (Lipinski definition) is 2. The lowest BCUT2D eigenvalue weighted by molar-refractivity contribution is -0.137. The van der Waals surface area contributed by atoms with Crippen LogP contribution in [0.3, 0.4) is 0 Å². The summed E-state index contributed by atoms with van der Waals surface area (Å²) >= 11 is 13.0. The summed E-state index contributed by atoms with van der Waals surface area (Å²) in [6.45, 7) is 0. The van der Waals surface area contributed by atoms with E-state index in [1.165, 1.54) is 23.9 Å². The van der Waals surface area contributed by atoms with Gasteiger partial charge in [0.1, 0.15) is 0 Å². The van der Waals surface area contributed by atoms with E-state index in [0.29, 0.717) is 10.8 Å². The van der Waals surface area contributed by atoms with Crippen molar-refractivity contribution in [3.63, 3.8) is 0 Å². The van der Waals surface area contributed by atoms with Crippen molar-refractivity contribution in [2.24, 2.45) is 0 Å². The van der Waals surface area contributed by atoms with Crippen LogP contribution in [0.25, 0.3) is 0 Å². The summed E-state index contributed by atoms with van der Waals surface area (Å²) in [4.78, 5) is 11.9. The fourth-order valence-corrected chi connectivity index (χ4v) is 3.27. The molecule has 8 heteroatoms. The minimum atomic E-state index is -4.60. The molecule has 0 aromatic heterocycles. The van der Waals surface area contributed by atoms with Gasteiger partial charge in [-0.1, -0.05) is 47.5 Å². The fraction of sp³-hybridized carbons (Fsp3) is 0.188. The molecule has 2 aromatic rings. The van der Waals surface area contributed by atoms with Gasteiger partial charge < -0.3 is 5.32 Å². The minimum Gasteiger partial charge on any atom is -0.324 e. The van der Waals surface area contributed by atoms with Crippen molar-refractivity contribution in [2.75, 3.05) is 11.1 Å². The molecule has 1 amide bonds. The Balaban J connectivity index is 1.99. The number of carbonyl (C=O) groups excluding carboxylic acids is 1. The van der Waals surface area contributed by atoms with Crippen LogP contribution in [0.15, 0.2) is 42.5 Å². The van der Waals surface area contributed by atoms with Crippen LogP contribution in [0, 0.1) is 0 Å². The summed E-state index contributed by atoms with van der Waals surface area (Å²) in [7, 11) is 0. The third-order valence-electron chi connectivity index (χ3n) is 3.03. The van der Waals surface area contributed by atoms with Gasteiger partial charge in [0.2, 0.25) is 5.91 Å². The van der Waals surface area contributed by atoms with Gasteiger partial charge in [-0.15, -0.1) is 11.8 Å². The van der Waals surface area contributed by atoms with Gasteiger partial charge in [0.05, 0.1) is 22.0 Å². The molecule has 2 nitrogen and oxygen atoms in total. The monoisotopic (exact) mass is 393 g/mol.